The van der Waals surface area contributed by atoms with Crippen LogP contribution in [0.4, 0.5) is 0 Å². The molecular formula is C22H23N5O. The van der Waals surface area contributed by atoms with Crippen LogP contribution < -0.4 is 5.69 Å². The van der Waals surface area contributed by atoms with Crippen molar-refractivity contribution in [3.05, 3.63) is 77.7 Å². The van der Waals surface area contributed by atoms with Crippen molar-refractivity contribution in [2.24, 2.45) is 0 Å². The summed E-state index contributed by atoms with van der Waals surface area (Å²) in [6, 6.07) is 16.3. The molecule has 0 atom stereocenters. The molecule has 2 aromatic heterocycles. The average molecular weight is 373 g/mol. The van der Waals surface area contributed by atoms with Gasteiger partial charge in [0.2, 0.25) is 0 Å². The summed E-state index contributed by atoms with van der Waals surface area (Å²) in [6.45, 7) is 1.59. The first kappa shape index (κ1) is 18.1. The average Bonchev–Trinajstić information content (AvgIpc) is 3.13. The van der Waals surface area contributed by atoms with Gasteiger partial charge in [-0.1, -0.05) is 24.3 Å². The summed E-state index contributed by atoms with van der Waals surface area (Å²) in [5.41, 5.74) is 4.74. The minimum absolute atomic E-state index is 0.211. The van der Waals surface area contributed by atoms with E-state index < -0.39 is 0 Å². The van der Waals surface area contributed by atoms with E-state index in [4.69, 9.17) is 0 Å². The number of hydrogen-bond donors (Lipinski definition) is 0. The first-order chi connectivity index (χ1) is 13.6. The number of aryl methyl sites for hydroxylation is 1. The third-order valence-electron chi connectivity index (χ3n) is 4.77. The highest BCUT2D eigenvalue weighted by atomic mass is 16.1. The third-order valence-corrected chi connectivity index (χ3v) is 4.77. The largest absolute Gasteiger partial charge is 0.347 e. The van der Waals surface area contributed by atoms with E-state index in [1.807, 2.05) is 50.9 Å². The fourth-order valence-corrected chi connectivity index (χ4v) is 3.31. The second-order valence-corrected chi connectivity index (χ2v) is 7.13. The lowest BCUT2D eigenvalue weighted by Crippen LogP contribution is -2.24. The number of para-hydroxylation sites is 1. The number of imidazole rings is 1. The molecule has 2 heterocycles. The molecule has 0 amide bonds. The summed E-state index contributed by atoms with van der Waals surface area (Å²) < 4.78 is 3.76. The van der Waals surface area contributed by atoms with Crippen LogP contribution in [0.3, 0.4) is 0 Å². The maximum Gasteiger partial charge on any atom is 0.347 e. The van der Waals surface area contributed by atoms with E-state index in [0.29, 0.717) is 6.54 Å². The first-order valence-electron chi connectivity index (χ1n) is 9.36. The van der Waals surface area contributed by atoms with E-state index in [1.54, 1.807) is 10.8 Å². The normalized spacial score (nSPS) is 11.4. The molecule has 0 saturated heterocycles. The van der Waals surface area contributed by atoms with Crippen LogP contribution in [0.2, 0.25) is 0 Å². The Morgan fingerprint density at radius 3 is 2.61 bits per heavy atom. The zero-order chi connectivity index (χ0) is 19.5. The highest BCUT2D eigenvalue weighted by molar-refractivity contribution is 5.83. The summed E-state index contributed by atoms with van der Waals surface area (Å²) in [5, 5.41) is 0. The van der Waals surface area contributed by atoms with Crippen LogP contribution in [0.5, 0.6) is 0 Å². The lowest BCUT2D eigenvalue weighted by molar-refractivity contribution is 0.384. The Hall–Kier alpha value is -3.25. The molecule has 6 heteroatoms. The monoisotopic (exact) mass is 373 g/mol. The van der Waals surface area contributed by atoms with Gasteiger partial charge < -0.3 is 4.90 Å². The predicted octanol–water partition coefficient (Wildman–Crippen LogP) is 3.20. The van der Waals surface area contributed by atoms with Crippen molar-refractivity contribution in [3.8, 4) is 16.8 Å². The van der Waals surface area contributed by atoms with Crippen LogP contribution in [0.1, 0.15) is 6.42 Å². The van der Waals surface area contributed by atoms with Crippen LogP contribution in [-0.2, 0) is 6.54 Å². The molecule has 0 N–H and O–H groups in total. The summed E-state index contributed by atoms with van der Waals surface area (Å²) in [5.74, 6) is 0. The molecule has 0 fully saturated rings. The van der Waals surface area contributed by atoms with Crippen molar-refractivity contribution in [1.29, 1.82) is 0 Å². The van der Waals surface area contributed by atoms with Gasteiger partial charge in [-0.2, -0.15) is 0 Å². The molecule has 0 saturated carbocycles. The molecule has 4 rings (SSSR count). The van der Waals surface area contributed by atoms with Crippen molar-refractivity contribution in [2.45, 2.75) is 13.0 Å². The van der Waals surface area contributed by atoms with E-state index in [9.17, 15) is 4.79 Å². The lowest BCUT2D eigenvalue weighted by atomic mass is 10.1. The Morgan fingerprint density at radius 1 is 1.00 bits per heavy atom. The molecule has 0 aliphatic carbocycles. The Morgan fingerprint density at radius 2 is 1.82 bits per heavy atom. The summed E-state index contributed by atoms with van der Waals surface area (Å²) in [4.78, 5) is 22.8. The van der Waals surface area contributed by atoms with Gasteiger partial charge in [-0.25, -0.2) is 14.8 Å². The number of hydrogen-bond acceptors (Lipinski definition) is 4. The van der Waals surface area contributed by atoms with Gasteiger partial charge in [0.15, 0.2) is 0 Å². The minimum atomic E-state index is -0.211. The molecule has 0 aliphatic heterocycles. The standard InChI is InChI=1S/C22H23N5O/c1-25(2)11-6-12-26-15-18(14-23-22(26)28)17-9-10-21-20(13-17)24-16-27(21)19-7-4-3-5-8-19/h3-5,7-10,13-16H,6,11-12H2,1-2H3. The van der Waals surface area contributed by atoms with Crippen LogP contribution in [0.25, 0.3) is 27.8 Å². The Kier molecular flexibility index (Phi) is 5.04. The van der Waals surface area contributed by atoms with Gasteiger partial charge in [-0.3, -0.25) is 9.13 Å². The van der Waals surface area contributed by atoms with Gasteiger partial charge in [-0.05, 0) is 56.9 Å². The summed E-state index contributed by atoms with van der Waals surface area (Å²) in [6.07, 6.45) is 6.27. The smallest absolute Gasteiger partial charge is 0.309 e. The second kappa shape index (κ2) is 7.78. The van der Waals surface area contributed by atoms with E-state index in [-0.39, 0.29) is 5.69 Å². The quantitative estimate of drug-likeness (QED) is 0.521. The van der Waals surface area contributed by atoms with Crippen molar-refractivity contribution in [1.82, 2.24) is 24.0 Å². The third kappa shape index (κ3) is 3.73. The summed E-state index contributed by atoms with van der Waals surface area (Å²) in [7, 11) is 4.06. The molecular weight excluding hydrogens is 350 g/mol. The SMILES string of the molecule is CN(C)CCCn1cc(-c2ccc3c(c2)ncn3-c2ccccc2)cnc1=O. The highest BCUT2D eigenvalue weighted by Gasteiger charge is 2.08. The molecule has 2 aromatic carbocycles. The lowest BCUT2D eigenvalue weighted by Gasteiger charge is -2.11. The molecule has 0 aliphatic rings. The van der Waals surface area contributed by atoms with Crippen molar-refractivity contribution < 1.29 is 0 Å². The molecule has 4 aromatic rings. The minimum Gasteiger partial charge on any atom is -0.309 e. The van der Waals surface area contributed by atoms with Crippen molar-refractivity contribution >= 4 is 11.0 Å². The van der Waals surface area contributed by atoms with Crippen LogP contribution in [-0.4, -0.2) is 44.6 Å². The van der Waals surface area contributed by atoms with Crippen molar-refractivity contribution in [3.63, 3.8) is 0 Å². The molecule has 0 radical (unpaired) electrons. The number of benzene rings is 2. The number of fused-ring (bicyclic) bond motifs is 1. The van der Waals surface area contributed by atoms with Gasteiger partial charge in [-0.15, -0.1) is 0 Å². The van der Waals surface area contributed by atoms with E-state index in [0.717, 1.165) is 40.8 Å². The van der Waals surface area contributed by atoms with Gasteiger partial charge in [0.1, 0.15) is 6.33 Å². The zero-order valence-electron chi connectivity index (χ0n) is 16.1. The highest BCUT2D eigenvalue weighted by Crippen LogP contribution is 2.24. The molecule has 28 heavy (non-hydrogen) atoms. The second-order valence-electron chi connectivity index (χ2n) is 7.13. The van der Waals surface area contributed by atoms with E-state index in [2.05, 4.69) is 43.7 Å². The molecule has 0 spiro atoms. The van der Waals surface area contributed by atoms with Gasteiger partial charge in [0.05, 0.1) is 11.0 Å². The molecule has 0 bridgehead atoms. The molecule has 6 nitrogen and oxygen atoms in total. The predicted molar refractivity (Wildman–Crippen MR) is 112 cm³/mol. The van der Waals surface area contributed by atoms with Crippen LogP contribution >= 0.6 is 0 Å². The molecule has 0 unspecified atom stereocenters. The first-order valence-corrected chi connectivity index (χ1v) is 9.36. The van der Waals surface area contributed by atoms with Crippen LogP contribution in [0.15, 0.2) is 72.0 Å². The Balaban J connectivity index is 1.65. The number of rotatable bonds is 6. The van der Waals surface area contributed by atoms with Crippen LogP contribution in [0, 0.1) is 0 Å². The topological polar surface area (TPSA) is 56.0 Å². The van der Waals surface area contributed by atoms with E-state index >= 15 is 0 Å². The maximum atomic E-state index is 12.1. The maximum absolute atomic E-state index is 12.1. The Labute approximate surface area is 163 Å². The van der Waals surface area contributed by atoms with Gasteiger partial charge in [0, 0.05) is 30.2 Å². The number of aromatic nitrogens is 4. The molecule has 142 valence electrons. The Bertz CT molecular complexity index is 1140. The summed E-state index contributed by atoms with van der Waals surface area (Å²) >= 11 is 0. The van der Waals surface area contributed by atoms with Gasteiger partial charge >= 0.3 is 5.69 Å². The zero-order valence-corrected chi connectivity index (χ0v) is 16.1. The fraction of sp³-hybridized carbons (Fsp3) is 0.227. The fourth-order valence-electron chi connectivity index (χ4n) is 3.31. The van der Waals surface area contributed by atoms with Crippen molar-refractivity contribution in [2.75, 3.05) is 20.6 Å². The van der Waals surface area contributed by atoms with Gasteiger partial charge in [0.25, 0.3) is 0 Å². The van der Waals surface area contributed by atoms with E-state index in [1.165, 1.54) is 0 Å². The number of nitrogens with zero attached hydrogens (tertiary/aromatic N) is 5.